The van der Waals surface area contributed by atoms with E-state index in [-0.39, 0.29) is 24.8 Å². The summed E-state index contributed by atoms with van der Waals surface area (Å²) in [5.74, 6) is 1.45. The van der Waals surface area contributed by atoms with Crippen LogP contribution in [0.4, 0.5) is 13.2 Å². The van der Waals surface area contributed by atoms with Crippen LogP contribution in [0.2, 0.25) is 0 Å². The monoisotopic (exact) mass is 459 g/mol. The van der Waals surface area contributed by atoms with Crippen molar-refractivity contribution in [2.75, 3.05) is 13.2 Å². The van der Waals surface area contributed by atoms with Crippen molar-refractivity contribution >= 4 is 5.91 Å². The molecule has 1 aromatic heterocycles. The Morgan fingerprint density at radius 3 is 2.64 bits per heavy atom. The Morgan fingerprint density at radius 1 is 1.18 bits per heavy atom. The fraction of sp³-hybridized carbons (Fsp3) is 0.375. The molecule has 1 aliphatic rings. The van der Waals surface area contributed by atoms with Crippen LogP contribution in [0.3, 0.4) is 0 Å². The van der Waals surface area contributed by atoms with E-state index in [1.165, 1.54) is 11.0 Å². The van der Waals surface area contributed by atoms with Crippen LogP contribution >= 0.6 is 0 Å². The zero-order chi connectivity index (χ0) is 23.6. The van der Waals surface area contributed by atoms with E-state index in [9.17, 15) is 18.0 Å². The van der Waals surface area contributed by atoms with E-state index >= 15 is 0 Å². The van der Waals surface area contributed by atoms with E-state index in [1.807, 2.05) is 24.3 Å². The molecule has 0 N–H and O–H groups in total. The van der Waals surface area contributed by atoms with Gasteiger partial charge in [0.25, 0.3) is 0 Å². The number of hydrogen-bond donors (Lipinski definition) is 0. The maximum atomic E-state index is 13.0. The summed E-state index contributed by atoms with van der Waals surface area (Å²) in [7, 11) is 0. The van der Waals surface area contributed by atoms with Crippen LogP contribution in [0.25, 0.3) is 11.4 Å². The molecule has 2 aromatic carbocycles. The minimum absolute atomic E-state index is 0.0953. The molecular weight excluding hydrogens is 435 g/mol. The fourth-order valence-electron chi connectivity index (χ4n) is 3.64. The Hall–Kier alpha value is -3.36. The summed E-state index contributed by atoms with van der Waals surface area (Å²) in [5.41, 5.74) is 0.447. The van der Waals surface area contributed by atoms with Crippen LogP contribution in [0.5, 0.6) is 5.75 Å². The van der Waals surface area contributed by atoms with Crippen LogP contribution < -0.4 is 4.74 Å². The number of benzene rings is 2. The Morgan fingerprint density at radius 2 is 1.94 bits per heavy atom. The highest BCUT2D eigenvalue weighted by atomic mass is 19.4. The van der Waals surface area contributed by atoms with Gasteiger partial charge in [0.2, 0.25) is 17.6 Å². The lowest BCUT2D eigenvalue weighted by atomic mass is 10.1. The zero-order valence-electron chi connectivity index (χ0n) is 18.3. The highest BCUT2D eigenvalue weighted by molar-refractivity contribution is 5.79. The van der Waals surface area contributed by atoms with Gasteiger partial charge < -0.3 is 14.2 Å². The topological polar surface area (TPSA) is 68.5 Å². The van der Waals surface area contributed by atoms with Gasteiger partial charge in [-0.15, -0.1) is 0 Å². The van der Waals surface area contributed by atoms with Gasteiger partial charge in [-0.25, -0.2) is 0 Å². The number of carbonyl (C=O) groups is 1. The maximum Gasteiger partial charge on any atom is 0.416 e. The molecule has 2 heterocycles. The predicted octanol–water partition coefficient (Wildman–Crippen LogP) is 5.31. The van der Waals surface area contributed by atoms with Gasteiger partial charge >= 0.3 is 6.18 Å². The third-order valence-corrected chi connectivity index (χ3v) is 5.33. The van der Waals surface area contributed by atoms with Crippen molar-refractivity contribution in [3.8, 4) is 17.1 Å². The van der Waals surface area contributed by atoms with Crippen LogP contribution in [-0.4, -0.2) is 34.1 Å². The molecule has 1 unspecified atom stereocenters. The second kappa shape index (κ2) is 9.25. The number of aromatic nitrogens is 2. The molecule has 0 bridgehead atoms. The van der Waals surface area contributed by atoms with E-state index in [0.29, 0.717) is 36.3 Å². The van der Waals surface area contributed by atoms with Gasteiger partial charge in [0, 0.05) is 25.1 Å². The lowest BCUT2D eigenvalue weighted by Gasteiger charge is -2.17. The number of carbonyl (C=O) groups excluding carboxylic acids is 1. The average molecular weight is 459 g/mol. The number of amides is 1. The van der Waals surface area contributed by atoms with Crippen molar-refractivity contribution in [2.24, 2.45) is 5.92 Å². The van der Waals surface area contributed by atoms with E-state index in [1.54, 1.807) is 6.07 Å². The van der Waals surface area contributed by atoms with Crippen molar-refractivity contribution in [1.29, 1.82) is 0 Å². The molecule has 0 spiro atoms. The third kappa shape index (κ3) is 5.53. The number of likely N-dealkylation sites (tertiary alicyclic amines) is 1. The van der Waals surface area contributed by atoms with Gasteiger partial charge in [-0.3, -0.25) is 4.79 Å². The minimum Gasteiger partial charge on any atom is -0.493 e. The first-order valence-corrected chi connectivity index (χ1v) is 10.7. The SMILES string of the molecule is CC(C)COc1ccc(-c2noc(C3CC(=O)N(Cc4cccc(C(F)(F)F)c4)C3)n2)cc1. The van der Waals surface area contributed by atoms with Gasteiger partial charge in [-0.2, -0.15) is 18.2 Å². The highest BCUT2D eigenvalue weighted by Gasteiger charge is 2.35. The van der Waals surface area contributed by atoms with Gasteiger partial charge in [0.1, 0.15) is 5.75 Å². The number of alkyl halides is 3. The van der Waals surface area contributed by atoms with E-state index < -0.39 is 11.7 Å². The maximum absolute atomic E-state index is 13.0. The van der Waals surface area contributed by atoms with Gasteiger partial charge in [-0.1, -0.05) is 31.1 Å². The molecule has 4 rings (SSSR count). The first-order valence-electron chi connectivity index (χ1n) is 10.7. The normalized spacial score (nSPS) is 16.6. The van der Waals surface area contributed by atoms with Crippen LogP contribution in [0, 0.1) is 5.92 Å². The Bertz CT molecular complexity index is 1110. The summed E-state index contributed by atoms with van der Waals surface area (Å²) >= 11 is 0. The Kier molecular flexibility index (Phi) is 6.40. The Labute approximate surface area is 189 Å². The van der Waals surface area contributed by atoms with E-state index in [2.05, 4.69) is 24.0 Å². The Balaban J connectivity index is 1.41. The molecule has 174 valence electrons. The number of ether oxygens (including phenoxy) is 1. The van der Waals surface area contributed by atoms with Crippen molar-refractivity contribution in [3.63, 3.8) is 0 Å². The second-order valence-electron chi connectivity index (χ2n) is 8.56. The molecule has 1 aliphatic heterocycles. The van der Waals surface area contributed by atoms with Crippen LogP contribution in [-0.2, 0) is 17.5 Å². The fourth-order valence-corrected chi connectivity index (χ4v) is 3.64. The zero-order valence-corrected chi connectivity index (χ0v) is 18.3. The summed E-state index contributed by atoms with van der Waals surface area (Å²) in [5, 5.41) is 4.03. The van der Waals surface area contributed by atoms with Crippen molar-refractivity contribution in [1.82, 2.24) is 15.0 Å². The summed E-state index contributed by atoms with van der Waals surface area (Å²) in [6.07, 6.45) is -4.25. The molecule has 0 radical (unpaired) electrons. The smallest absolute Gasteiger partial charge is 0.416 e. The summed E-state index contributed by atoms with van der Waals surface area (Å²) < 4.78 is 50.0. The molecule has 1 saturated heterocycles. The molecule has 0 saturated carbocycles. The van der Waals surface area contributed by atoms with Gasteiger partial charge in [0.05, 0.1) is 18.1 Å². The average Bonchev–Trinajstić information content (AvgIpc) is 3.40. The molecule has 9 heteroatoms. The highest BCUT2D eigenvalue weighted by Crippen LogP contribution is 2.32. The van der Waals surface area contributed by atoms with Crippen molar-refractivity contribution in [3.05, 3.63) is 65.5 Å². The van der Waals surface area contributed by atoms with E-state index in [0.717, 1.165) is 23.4 Å². The number of hydrogen-bond acceptors (Lipinski definition) is 5. The summed E-state index contributed by atoms with van der Waals surface area (Å²) in [4.78, 5) is 18.4. The first-order chi connectivity index (χ1) is 15.7. The second-order valence-corrected chi connectivity index (χ2v) is 8.56. The summed E-state index contributed by atoms with van der Waals surface area (Å²) in [6.45, 7) is 5.17. The van der Waals surface area contributed by atoms with Crippen molar-refractivity contribution < 1.29 is 27.2 Å². The van der Waals surface area contributed by atoms with E-state index in [4.69, 9.17) is 9.26 Å². The molecule has 33 heavy (non-hydrogen) atoms. The quantitative estimate of drug-likeness (QED) is 0.479. The third-order valence-electron chi connectivity index (χ3n) is 5.33. The molecule has 6 nitrogen and oxygen atoms in total. The first kappa shape index (κ1) is 22.8. The van der Waals surface area contributed by atoms with Gasteiger partial charge in [0.15, 0.2) is 0 Å². The molecule has 1 fully saturated rings. The number of rotatable bonds is 7. The van der Waals surface area contributed by atoms with Crippen LogP contribution in [0.1, 0.15) is 43.2 Å². The van der Waals surface area contributed by atoms with Crippen molar-refractivity contribution in [2.45, 2.75) is 38.9 Å². The molecule has 1 amide bonds. The lowest BCUT2D eigenvalue weighted by Crippen LogP contribution is -2.24. The summed E-state index contributed by atoms with van der Waals surface area (Å²) in [6, 6.07) is 12.4. The standard InChI is InChI=1S/C24H24F3N3O3/c1-15(2)14-32-20-8-6-17(7-9-20)22-28-23(33-29-22)18-11-21(31)30(13-18)12-16-4-3-5-19(10-16)24(25,26)27/h3-10,15,18H,11-14H2,1-2H3. The number of nitrogens with zero attached hydrogens (tertiary/aromatic N) is 3. The largest absolute Gasteiger partial charge is 0.493 e. The molecule has 0 aliphatic carbocycles. The molecule has 3 aromatic rings. The predicted molar refractivity (Wildman–Crippen MR) is 114 cm³/mol. The molecule has 1 atom stereocenters. The minimum atomic E-state index is -4.42. The lowest BCUT2D eigenvalue weighted by molar-refractivity contribution is -0.137. The van der Waals surface area contributed by atoms with Gasteiger partial charge in [-0.05, 0) is 47.9 Å². The van der Waals surface area contributed by atoms with Crippen LogP contribution in [0.15, 0.2) is 53.1 Å². The number of halogens is 3. The molecular formula is C24H24F3N3O3.